The van der Waals surface area contributed by atoms with E-state index in [1.807, 2.05) is 0 Å². The first-order chi connectivity index (χ1) is 7.05. The minimum absolute atomic E-state index is 0.0436. The van der Waals surface area contributed by atoms with E-state index in [-0.39, 0.29) is 5.75 Å². The number of sulfonamides is 1. The van der Waals surface area contributed by atoms with Crippen LogP contribution in [0.25, 0.3) is 0 Å². The van der Waals surface area contributed by atoms with Crippen LogP contribution < -0.4 is 10.0 Å². The van der Waals surface area contributed by atoms with Gasteiger partial charge in [0.1, 0.15) is 12.2 Å². The molecule has 1 aromatic rings. The molecule has 0 amide bonds. The van der Waals surface area contributed by atoms with E-state index in [9.17, 15) is 8.42 Å². The van der Waals surface area contributed by atoms with Crippen molar-refractivity contribution >= 4 is 10.0 Å². The molecule has 86 valence electrons. The topological polar surface area (TPSA) is 99.8 Å². The Morgan fingerprint density at radius 1 is 1.60 bits per heavy atom. The molecule has 0 spiro atoms. The van der Waals surface area contributed by atoms with Gasteiger partial charge in [-0.1, -0.05) is 0 Å². The second-order valence-electron chi connectivity index (χ2n) is 3.13. The van der Waals surface area contributed by atoms with Crippen molar-refractivity contribution in [3.63, 3.8) is 0 Å². The number of nitrogens with one attached hydrogen (secondary N) is 3. The lowest BCUT2D eigenvalue weighted by Gasteiger charge is -2.11. The molecule has 1 heterocycles. The van der Waals surface area contributed by atoms with Crippen molar-refractivity contribution in [1.82, 2.24) is 25.2 Å². The van der Waals surface area contributed by atoms with E-state index >= 15 is 0 Å². The standard InChI is InChI=1S/C7H15N5O2S/c1-6(7-9-5-10-11-7)12-15(13,14)4-3-8-2/h5-6,8,12H,3-4H2,1-2H3,(H,9,10,11). The minimum atomic E-state index is -3.27. The van der Waals surface area contributed by atoms with Crippen LogP contribution in [0.15, 0.2) is 6.33 Å². The van der Waals surface area contributed by atoms with E-state index in [0.29, 0.717) is 12.4 Å². The van der Waals surface area contributed by atoms with Crippen LogP contribution in [0.2, 0.25) is 0 Å². The molecule has 0 aliphatic rings. The van der Waals surface area contributed by atoms with Gasteiger partial charge in [-0.2, -0.15) is 5.10 Å². The number of rotatable bonds is 6. The zero-order valence-corrected chi connectivity index (χ0v) is 9.50. The molecule has 0 radical (unpaired) electrons. The summed E-state index contributed by atoms with van der Waals surface area (Å²) in [7, 11) is -1.57. The second kappa shape index (κ2) is 5.19. The van der Waals surface area contributed by atoms with E-state index in [0.717, 1.165) is 0 Å². The summed E-state index contributed by atoms with van der Waals surface area (Å²) in [6.45, 7) is 2.12. The SMILES string of the molecule is CNCCS(=O)(=O)NC(C)c1ncn[nH]1. The number of aromatic amines is 1. The quantitative estimate of drug-likeness (QED) is 0.585. The molecule has 15 heavy (non-hydrogen) atoms. The number of hydrogen-bond donors (Lipinski definition) is 3. The fourth-order valence-corrected chi connectivity index (χ4v) is 2.29. The number of nitrogens with zero attached hydrogens (tertiary/aromatic N) is 2. The Kier molecular flexibility index (Phi) is 4.18. The zero-order chi connectivity index (χ0) is 11.3. The van der Waals surface area contributed by atoms with Gasteiger partial charge in [-0.25, -0.2) is 18.1 Å². The third-order valence-electron chi connectivity index (χ3n) is 1.82. The average Bonchev–Trinajstić information content (AvgIpc) is 2.67. The third kappa shape index (κ3) is 3.94. The summed E-state index contributed by atoms with van der Waals surface area (Å²) < 4.78 is 25.5. The van der Waals surface area contributed by atoms with Crippen LogP contribution in [-0.4, -0.2) is 42.9 Å². The smallest absolute Gasteiger partial charge is 0.213 e. The number of hydrogen-bond acceptors (Lipinski definition) is 5. The Bertz CT molecular complexity index is 374. The maximum absolute atomic E-state index is 11.5. The van der Waals surface area contributed by atoms with Gasteiger partial charge in [0.2, 0.25) is 10.0 Å². The lowest BCUT2D eigenvalue weighted by molar-refractivity contribution is 0.558. The number of aromatic nitrogens is 3. The Morgan fingerprint density at radius 3 is 2.87 bits per heavy atom. The Morgan fingerprint density at radius 2 is 2.33 bits per heavy atom. The van der Waals surface area contributed by atoms with Crippen LogP contribution >= 0.6 is 0 Å². The normalized spacial score (nSPS) is 14.0. The fourth-order valence-electron chi connectivity index (χ4n) is 1.04. The van der Waals surface area contributed by atoms with E-state index in [2.05, 4.69) is 25.2 Å². The number of H-pyrrole nitrogens is 1. The summed E-state index contributed by atoms with van der Waals surface area (Å²) in [6, 6.07) is -0.394. The highest BCUT2D eigenvalue weighted by Gasteiger charge is 2.16. The van der Waals surface area contributed by atoms with Gasteiger partial charge in [-0.3, -0.25) is 5.10 Å². The molecular formula is C7H15N5O2S. The van der Waals surface area contributed by atoms with Gasteiger partial charge in [0.05, 0.1) is 11.8 Å². The molecule has 0 aliphatic carbocycles. The summed E-state index contributed by atoms with van der Waals surface area (Å²) in [5.74, 6) is 0.546. The summed E-state index contributed by atoms with van der Waals surface area (Å²) in [6.07, 6.45) is 1.34. The Balaban J connectivity index is 2.54. The van der Waals surface area contributed by atoms with Gasteiger partial charge in [0.15, 0.2) is 0 Å². The lowest BCUT2D eigenvalue weighted by atomic mass is 10.3. The molecular weight excluding hydrogens is 218 g/mol. The summed E-state index contributed by atoms with van der Waals surface area (Å²) in [4.78, 5) is 3.87. The Labute approximate surface area is 88.7 Å². The fraction of sp³-hybridized carbons (Fsp3) is 0.714. The lowest BCUT2D eigenvalue weighted by Crippen LogP contribution is -2.33. The first kappa shape index (κ1) is 12.1. The average molecular weight is 233 g/mol. The first-order valence-electron chi connectivity index (χ1n) is 4.55. The van der Waals surface area contributed by atoms with Gasteiger partial charge in [0.25, 0.3) is 0 Å². The molecule has 1 rings (SSSR count). The van der Waals surface area contributed by atoms with E-state index < -0.39 is 16.1 Å². The highest BCUT2D eigenvalue weighted by molar-refractivity contribution is 7.89. The predicted octanol–water partition coefficient (Wildman–Crippen LogP) is -0.995. The van der Waals surface area contributed by atoms with Crippen LogP contribution in [0.4, 0.5) is 0 Å². The van der Waals surface area contributed by atoms with Crippen molar-refractivity contribution < 1.29 is 8.42 Å². The van der Waals surface area contributed by atoms with Gasteiger partial charge in [-0.05, 0) is 14.0 Å². The molecule has 7 nitrogen and oxygen atoms in total. The van der Waals surface area contributed by atoms with Crippen molar-refractivity contribution in [3.8, 4) is 0 Å². The first-order valence-corrected chi connectivity index (χ1v) is 6.20. The molecule has 3 N–H and O–H groups in total. The third-order valence-corrected chi connectivity index (χ3v) is 3.28. The van der Waals surface area contributed by atoms with Crippen molar-refractivity contribution in [2.24, 2.45) is 0 Å². The summed E-state index contributed by atoms with van der Waals surface area (Å²) >= 11 is 0. The molecule has 1 unspecified atom stereocenters. The Hall–Kier alpha value is -0.990. The summed E-state index contributed by atoms with van der Waals surface area (Å²) in [5.41, 5.74) is 0. The molecule has 0 aliphatic heterocycles. The van der Waals surface area contributed by atoms with Gasteiger partial charge >= 0.3 is 0 Å². The molecule has 0 bridgehead atoms. The van der Waals surface area contributed by atoms with Crippen molar-refractivity contribution in [2.45, 2.75) is 13.0 Å². The van der Waals surface area contributed by atoms with Crippen LogP contribution in [0.1, 0.15) is 18.8 Å². The van der Waals surface area contributed by atoms with Crippen LogP contribution in [0.3, 0.4) is 0 Å². The highest BCUT2D eigenvalue weighted by atomic mass is 32.2. The van der Waals surface area contributed by atoms with E-state index in [1.165, 1.54) is 6.33 Å². The molecule has 0 saturated heterocycles. The monoisotopic (exact) mass is 233 g/mol. The molecule has 0 saturated carbocycles. The van der Waals surface area contributed by atoms with Crippen molar-refractivity contribution in [1.29, 1.82) is 0 Å². The summed E-state index contributed by atoms with van der Waals surface area (Å²) in [5, 5.41) is 9.04. The highest BCUT2D eigenvalue weighted by Crippen LogP contribution is 2.05. The molecule has 1 aromatic heterocycles. The van der Waals surface area contributed by atoms with Crippen LogP contribution in [-0.2, 0) is 10.0 Å². The maximum Gasteiger partial charge on any atom is 0.213 e. The van der Waals surface area contributed by atoms with Gasteiger partial charge in [0, 0.05) is 6.54 Å². The second-order valence-corrected chi connectivity index (χ2v) is 5.01. The van der Waals surface area contributed by atoms with Crippen molar-refractivity contribution in [2.75, 3.05) is 19.3 Å². The van der Waals surface area contributed by atoms with Crippen molar-refractivity contribution in [3.05, 3.63) is 12.2 Å². The van der Waals surface area contributed by atoms with E-state index in [1.54, 1.807) is 14.0 Å². The maximum atomic E-state index is 11.5. The molecule has 8 heteroatoms. The van der Waals surface area contributed by atoms with E-state index in [4.69, 9.17) is 0 Å². The molecule has 1 atom stereocenters. The zero-order valence-electron chi connectivity index (χ0n) is 8.69. The molecule has 0 aromatic carbocycles. The molecule has 0 fully saturated rings. The predicted molar refractivity (Wildman–Crippen MR) is 55.6 cm³/mol. The van der Waals surface area contributed by atoms with Gasteiger partial charge in [-0.15, -0.1) is 0 Å². The largest absolute Gasteiger partial charge is 0.319 e. The minimum Gasteiger partial charge on any atom is -0.319 e. The van der Waals surface area contributed by atoms with Gasteiger partial charge < -0.3 is 5.32 Å². The van der Waals surface area contributed by atoms with Crippen LogP contribution in [0.5, 0.6) is 0 Å². The van der Waals surface area contributed by atoms with Crippen LogP contribution in [0, 0.1) is 0 Å².